The van der Waals surface area contributed by atoms with E-state index < -0.39 is 0 Å². The second-order valence-corrected chi connectivity index (χ2v) is 5.66. The summed E-state index contributed by atoms with van der Waals surface area (Å²) in [5, 5.41) is 0. The first-order chi connectivity index (χ1) is 10.4. The van der Waals surface area contributed by atoms with E-state index in [0.29, 0.717) is 0 Å². The minimum atomic E-state index is 1.04. The average molecular weight is 267 g/mol. The molecule has 0 spiro atoms. The predicted octanol–water partition coefficient (Wildman–Crippen LogP) is 5.02. The predicted molar refractivity (Wildman–Crippen MR) is 88.7 cm³/mol. The summed E-state index contributed by atoms with van der Waals surface area (Å²) in [6.45, 7) is 0. The van der Waals surface area contributed by atoms with Gasteiger partial charge in [-0.05, 0) is 41.3 Å². The average Bonchev–Trinajstić information content (AvgIpc) is 3.22. The Morgan fingerprint density at radius 3 is 2.81 bits per heavy atom. The van der Waals surface area contributed by atoms with Gasteiger partial charge in [-0.15, -0.1) is 0 Å². The Labute approximate surface area is 123 Å². The van der Waals surface area contributed by atoms with Crippen LogP contribution in [-0.2, 0) is 0 Å². The molecule has 98 valence electrons. The maximum Gasteiger partial charge on any atom is 0.0794 e. The number of fused-ring (bicyclic) bond motifs is 5. The van der Waals surface area contributed by atoms with Crippen LogP contribution in [0.3, 0.4) is 0 Å². The Hall–Kier alpha value is -2.67. The van der Waals surface area contributed by atoms with Gasteiger partial charge in [-0.2, -0.15) is 0 Å². The molecule has 1 aliphatic heterocycles. The molecule has 0 saturated heterocycles. The van der Waals surface area contributed by atoms with E-state index in [9.17, 15) is 0 Å². The summed E-state index contributed by atoms with van der Waals surface area (Å²) < 4.78 is 0. The highest BCUT2D eigenvalue weighted by Crippen LogP contribution is 2.43. The smallest absolute Gasteiger partial charge is 0.0794 e. The largest absolute Gasteiger partial charge is 0.247 e. The maximum atomic E-state index is 4.80. The molecule has 21 heavy (non-hydrogen) atoms. The summed E-state index contributed by atoms with van der Waals surface area (Å²) in [7, 11) is 0. The zero-order valence-corrected chi connectivity index (χ0v) is 11.5. The first-order valence-corrected chi connectivity index (χ1v) is 7.31. The third kappa shape index (κ3) is 1.49. The number of hydrogen-bond donors (Lipinski definition) is 0. The molecule has 1 heterocycles. The lowest BCUT2D eigenvalue weighted by Gasteiger charge is -2.05. The van der Waals surface area contributed by atoms with Crippen molar-refractivity contribution in [3.05, 3.63) is 82.9 Å². The highest BCUT2D eigenvalue weighted by atomic mass is 14.8. The molecule has 0 bridgehead atoms. The molecule has 0 saturated carbocycles. The third-order valence-electron chi connectivity index (χ3n) is 4.43. The Morgan fingerprint density at radius 1 is 0.952 bits per heavy atom. The van der Waals surface area contributed by atoms with Gasteiger partial charge < -0.3 is 0 Å². The molecule has 0 radical (unpaired) electrons. The van der Waals surface area contributed by atoms with Crippen LogP contribution < -0.4 is 0 Å². The van der Waals surface area contributed by atoms with Crippen molar-refractivity contribution < 1.29 is 0 Å². The lowest BCUT2D eigenvalue weighted by molar-refractivity contribution is 1.42. The van der Waals surface area contributed by atoms with Crippen molar-refractivity contribution in [3.63, 3.8) is 0 Å². The summed E-state index contributed by atoms with van der Waals surface area (Å²) in [5.41, 5.74) is 10.0. The van der Waals surface area contributed by atoms with Crippen LogP contribution in [0.5, 0.6) is 0 Å². The molecule has 0 atom stereocenters. The van der Waals surface area contributed by atoms with Gasteiger partial charge in [0.25, 0.3) is 0 Å². The summed E-state index contributed by atoms with van der Waals surface area (Å²) in [5.74, 6) is 0. The van der Waals surface area contributed by atoms with Crippen LogP contribution >= 0.6 is 0 Å². The lowest BCUT2D eigenvalue weighted by atomic mass is 9.99. The zero-order valence-electron chi connectivity index (χ0n) is 11.5. The number of aliphatic imine (C=N–C) groups is 1. The minimum Gasteiger partial charge on any atom is -0.247 e. The highest BCUT2D eigenvalue weighted by molar-refractivity contribution is 6.43. The molecule has 0 fully saturated rings. The number of allylic oxidation sites excluding steroid dienone is 5. The van der Waals surface area contributed by atoms with E-state index in [1.165, 1.54) is 33.4 Å². The van der Waals surface area contributed by atoms with Crippen molar-refractivity contribution in [2.24, 2.45) is 4.99 Å². The standard InChI is InChI=1S/C20H13N/c1-2-6-13(5-1)14-9-10-16-15(11-14)12-18-17-7-3-4-8-19(17)21-20(16)18/h1-5,7-12H,6H2. The Bertz CT molecular complexity index is 907. The van der Waals surface area contributed by atoms with E-state index in [1.807, 2.05) is 6.07 Å². The first-order valence-electron chi connectivity index (χ1n) is 7.31. The van der Waals surface area contributed by atoms with E-state index in [4.69, 9.17) is 4.99 Å². The van der Waals surface area contributed by atoms with Crippen molar-refractivity contribution in [1.29, 1.82) is 0 Å². The van der Waals surface area contributed by atoms with Gasteiger partial charge in [0.1, 0.15) is 0 Å². The van der Waals surface area contributed by atoms with E-state index in [-0.39, 0.29) is 0 Å². The molecule has 2 aromatic rings. The number of benzene rings is 2. The van der Waals surface area contributed by atoms with Gasteiger partial charge in [0.2, 0.25) is 0 Å². The van der Waals surface area contributed by atoms with Gasteiger partial charge in [-0.1, -0.05) is 48.6 Å². The van der Waals surface area contributed by atoms with E-state index in [0.717, 1.165) is 17.8 Å². The van der Waals surface area contributed by atoms with Crippen LogP contribution in [0.15, 0.2) is 65.7 Å². The van der Waals surface area contributed by atoms with Crippen molar-refractivity contribution in [2.75, 3.05) is 0 Å². The van der Waals surface area contributed by atoms with Crippen LogP contribution in [-0.4, -0.2) is 5.71 Å². The second kappa shape index (κ2) is 3.92. The number of hydrogen-bond acceptors (Lipinski definition) is 1. The molecular weight excluding hydrogens is 254 g/mol. The number of rotatable bonds is 1. The molecule has 1 nitrogen and oxygen atoms in total. The van der Waals surface area contributed by atoms with Crippen LogP contribution in [0, 0.1) is 0 Å². The second-order valence-electron chi connectivity index (χ2n) is 5.66. The third-order valence-corrected chi connectivity index (χ3v) is 4.43. The fraction of sp³-hybridized carbons (Fsp3) is 0.0500. The molecule has 2 aliphatic carbocycles. The number of para-hydroxylation sites is 1. The Balaban J connectivity index is 1.65. The van der Waals surface area contributed by atoms with Crippen molar-refractivity contribution >= 4 is 28.6 Å². The van der Waals surface area contributed by atoms with Gasteiger partial charge in [0.05, 0.1) is 11.4 Å². The van der Waals surface area contributed by atoms with Gasteiger partial charge in [-0.25, -0.2) is 4.99 Å². The molecule has 5 rings (SSSR count). The van der Waals surface area contributed by atoms with E-state index in [2.05, 4.69) is 60.7 Å². The minimum absolute atomic E-state index is 1.04. The highest BCUT2D eigenvalue weighted by Gasteiger charge is 2.28. The Kier molecular flexibility index (Phi) is 2.06. The molecule has 2 aromatic carbocycles. The fourth-order valence-electron chi connectivity index (χ4n) is 3.37. The molecule has 0 N–H and O–H groups in total. The summed E-state index contributed by atoms with van der Waals surface area (Å²) in [6, 6.07) is 15.1. The summed E-state index contributed by atoms with van der Waals surface area (Å²) >= 11 is 0. The van der Waals surface area contributed by atoms with Gasteiger partial charge in [0.15, 0.2) is 0 Å². The van der Waals surface area contributed by atoms with Crippen LogP contribution in [0.1, 0.15) is 28.7 Å². The summed E-state index contributed by atoms with van der Waals surface area (Å²) in [4.78, 5) is 4.80. The molecule has 0 amide bonds. The van der Waals surface area contributed by atoms with Crippen molar-refractivity contribution in [2.45, 2.75) is 6.42 Å². The monoisotopic (exact) mass is 267 g/mol. The molecule has 0 aromatic heterocycles. The van der Waals surface area contributed by atoms with Crippen LogP contribution in [0.2, 0.25) is 0 Å². The van der Waals surface area contributed by atoms with Gasteiger partial charge in [-0.3, -0.25) is 0 Å². The summed E-state index contributed by atoms with van der Waals surface area (Å²) in [6.07, 6.45) is 9.87. The van der Waals surface area contributed by atoms with Crippen LogP contribution in [0.25, 0.3) is 17.2 Å². The van der Waals surface area contributed by atoms with E-state index >= 15 is 0 Å². The van der Waals surface area contributed by atoms with Crippen molar-refractivity contribution in [1.82, 2.24) is 0 Å². The van der Waals surface area contributed by atoms with Gasteiger partial charge in [0, 0.05) is 16.7 Å². The lowest BCUT2D eigenvalue weighted by Crippen LogP contribution is -1.95. The number of nitrogens with zero attached hydrogens (tertiary/aromatic N) is 1. The van der Waals surface area contributed by atoms with Crippen LogP contribution in [0.4, 0.5) is 5.69 Å². The molecule has 0 unspecified atom stereocenters. The van der Waals surface area contributed by atoms with Gasteiger partial charge >= 0.3 is 0 Å². The Morgan fingerprint density at radius 2 is 1.90 bits per heavy atom. The quantitative estimate of drug-likeness (QED) is 0.688. The first kappa shape index (κ1) is 11.0. The molecule has 1 heteroatoms. The topological polar surface area (TPSA) is 12.4 Å². The maximum absolute atomic E-state index is 4.80. The zero-order chi connectivity index (χ0) is 13.8. The fourth-order valence-corrected chi connectivity index (χ4v) is 3.37. The SMILES string of the molecule is C1=CCC(c2ccc3c(c2)C=C2C3=Nc3ccccc32)=C1. The van der Waals surface area contributed by atoms with Crippen molar-refractivity contribution in [3.8, 4) is 0 Å². The molecule has 3 aliphatic rings. The van der Waals surface area contributed by atoms with E-state index in [1.54, 1.807) is 0 Å². The normalized spacial score (nSPS) is 17.0. The molecular formula is C20H13N.